The fourth-order valence-corrected chi connectivity index (χ4v) is 3.15. The third-order valence-corrected chi connectivity index (χ3v) is 4.58. The van der Waals surface area contributed by atoms with E-state index in [-0.39, 0.29) is 29.8 Å². The maximum absolute atomic E-state index is 12.1. The topological polar surface area (TPSA) is 81.2 Å². The molecule has 0 spiro atoms. The molecule has 2 rings (SSSR count). The SMILES string of the molecule is CCCCC[C@@H]1C[C@@H](C[C@H](C)C(=O)Nc2nncs2)C(=O)O1. The Balaban J connectivity index is 1.77. The number of unbranched alkanes of at least 4 members (excludes halogenated alkanes) is 2. The van der Waals surface area contributed by atoms with E-state index in [0.717, 1.165) is 25.7 Å². The van der Waals surface area contributed by atoms with Crippen LogP contribution in [0.25, 0.3) is 0 Å². The van der Waals surface area contributed by atoms with Gasteiger partial charge in [0.2, 0.25) is 11.0 Å². The normalized spacial score (nSPS) is 22.4. The number of rotatable bonds is 8. The predicted molar refractivity (Wildman–Crippen MR) is 84.4 cm³/mol. The number of carbonyl (C=O) groups excluding carboxylic acids is 2. The third kappa shape index (κ3) is 4.76. The molecule has 1 saturated heterocycles. The van der Waals surface area contributed by atoms with Crippen molar-refractivity contribution in [3.8, 4) is 0 Å². The monoisotopic (exact) mass is 325 g/mol. The first-order chi connectivity index (χ1) is 10.6. The number of cyclic esters (lactones) is 1. The van der Waals surface area contributed by atoms with E-state index in [2.05, 4.69) is 22.4 Å². The average Bonchev–Trinajstić information content (AvgIpc) is 3.10. The van der Waals surface area contributed by atoms with Crippen molar-refractivity contribution in [3.05, 3.63) is 5.51 Å². The summed E-state index contributed by atoms with van der Waals surface area (Å²) in [7, 11) is 0. The summed E-state index contributed by atoms with van der Waals surface area (Å²) in [5.74, 6) is -0.700. The smallest absolute Gasteiger partial charge is 0.309 e. The second-order valence-electron chi connectivity index (χ2n) is 5.86. The first-order valence-corrected chi connectivity index (χ1v) is 8.75. The minimum absolute atomic E-state index is 0.0301. The van der Waals surface area contributed by atoms with Crippen LogP contribution in [0.2, 0.25) is 0 Å². The Kier molecular flexibility index (Phi) is 6.30. The maximum atomic E-state index is 12.1. The summed E-state index contributed by atoms with van der Waals surface area (Å²) in [6.07, 6.45) is 5.64. The highest BCUT2D eigenvalue weighted by Gasteiger charge is 2.35. The largest absolute Gasteiger partial charge is 0.462 e. The lowest BCUT2D eigenvalue weighted by molar-refractivity contribution is -0.144. The molecule has 1 aliphatic heterocycles. The number of aromatic nitrogens is 2. The molecule has 0 saturated carbocycles. The van der Waals surface area contributed by atoms with Crippen LogP contribution in [0.15, 0.2) is 5.51 Å². The molecule has 0 aliphatic carbocycles. The molecule has 2 heterocycles. The van der Waals surface area contributed by atoms with Gasteiger partial charge in [-0.3, -0.25) is 9.59 Å². The van der Waals surface area contributed by atoms with E-state index in [0.29, 0.717) is 11.6 Å². The number of ether oxygens (including phenoxy) is 1. The Hall–Kier alpha value is -1.50. The van der Waals surface area contributed by atoms with Crippen molar-refractivity contribution in [2.24, 2.45) is 11.8 Å². The van der Waals surface area contributed by atoms with Crippen molar-refractivity contribution in [3.63, 3.8) is 0 Å². The molecule has 1 aromatic heterocycles. The van der Waals surface area contributed by atoms with Crippen LogP contribution in [-0.4, -0.2) is 28.2 Å². The van der Waals surface area contributed by atoms with E-state index >= 15 is 0 Å². The third-order valence-electron chi connectivity index (χ3n) is 3.97. The van der Waals surface area contributed by atoms with Gasteiger partial charge in [-0.2, -0.15) is 0 Å². The van der Waals surface area contributed by atoms with Gasteiger partial charge in [-0.1, -0.05) is 38.0 Å². The first kappa shape index (κ1) is 16.9. The van der Waals surface area contributed by atoms with Crippen molar-refractivity contribution in [2.45, 2.75) is 58.5 Å². The average molecular weight is 325 g/mol. The minimum atomic E-state index is -0.254. The summed E-state index contributed by atoms with van der Waals surface area (Å²) >= 11 is 1.28. The molecule has 22 heavy (non-hydrogen) atoms. The van der Waals surface area contributed by atoms with Crippen molar-refractivity contribution in [2.75, 3.05) is 5.32 Å². The van der Waals surface area contributed by atoms with Crippen LogP contribution in [0, 0.1) is 11.8 Å². The van der Waals surface area contributed by atoms with Gasteiger partial charge in [0.25, 0.3) is 0 Å². The van der Waals surface area contributed by atoms with Gasteiger partial charge in [0.05, 0.1) is 5.92 Å². The van der Waals surface area contributed by atoms with E-state index in [1.807, 2.05) is 6.92 Å². The summed E-state index contributed by atoms with van der Waals surface area (Å²) in [6, 6.07) is 0. The second-order valence-corrected chi connectivity index (χ2v) is 6.69. The van der Waals surface area contributed by atoms with Crippen LogP contribution in [-0.2, 0) is 14.3 Å². The molecule has 0 aromatic carbocycles. The van der Waals surface area contributed by atoms with Crippen LogP contribution in [0.5, 0.6) is 0 Å². The molecule has 1 amide bonds. The highest BCUT2D eigenvalue weighted by atomic mass is 32.1. The molecule has 1 aromatic rings. The van der Waals surface area contributed by atoms with E-state index in [1.165, 1.54) is 17.8 Å². The van der Waals surface area contributed by atoms with Gasteiger partial charge in [-0.05, 0) is 25.7 Å². The van der Waals surface area contributed by atoms with Crippen LogP contribution in [0.4, 0.5) is 5.13 Å². The lowest BCUT2D eigenvalue weighted by atomic mass is 9.91. The first-order valence-electron chi connectivity index (χ1n) is 7.87. The van der Waals surface area contributed by atoms with Gasteiger partial charge in [0.15, 0.2) is 0 Å². The van der Waals surface area contributed by atoms with Crippen molar-refractivity contribution < 1.29 is 14.3 Å². The maximum Gasteiger partial charge on any atom is 0.309 e. The Morgan fingerprint density at radius 3 is 3.05 bits per heavy atom. The Morgan fingerprint density at radius 2 is 2.36 bits per heavy atom. The molecule has 6 nitrogen and oxygen atoms in total. The fraction of sp³-hybridized carbons (Fsp3) is 0.733. The van der Waals surface area contributed by atoms with Gasteiger partial charge in [0, 0.05) is 5.92 Å². The van der Waals surface area contributed by atoms with Crippen LogP contribution >= 0.6 is 11.3 Å². The molecular formula is C15H23N3O3S. The number of amides is 1. The summed E-state index contributed by atoms with van der Waals surface area (Å²) in [5, 5.41) is 10.7. The van der Waals surface area contributed by atoms with Gasteiger partial charge >= 0.3 is 5.97 Å². The van der Waals surface area contributed by atoms with Crippen molar-refractivity contribution in [1.82, 2.24) is 10.2 Å². The number of carbonyl (C=O) groups is 2. The van der Waals surface area contributed by atoms with Crippen LogP contribution < -0.4 is 5.32 Å². The molecule has 1 N–H and O–H groups in total. The zero-order valence-corrected chi connectivity index (χ0v) is 13.9. The Bertz CT molecular complexity index is 492. The number of anilines is 1. The summed E-state index contributed by atoms with van der Waals surface area (Å²) < 4.78 is 5.42. The van der Waals surface area contributed by atoms with Crippen LogP contribution in [0.1, 0.15) is 52.4 Å². The number of hydrogen-bond donors (Lipinski definition) is 1. The number of nitrogens with one attached hydrogen (secondary N) is 1. The standard InChI is InChI=1S/C15H23N3O3S/c1-3-4-5-6-12-8-11(14(20)21-12)7-10(2)13(19)17-15-18-16-9-22-15/h9-12H,3-8H2,1-2H3,(H,17,18,19)/t10-,11+,12+/m0/s1. The Labute approximate surface area is 134 Å². The Morgan fingerprint density at radius 1 is 1.55 bits per heavy atom. The van der Waals surface area contributed by atoms with Crippen molar-refractivity contribution in [1.29, 1.82) is 0 Å². The molecule has 0 bridgehead atoms. The molecule has 0 unspecified atom stereocenters. The van der Waals surface area contributed by atoms with Gasteiger partial charge < -0.3 is 10.1 Å². The van der Waals surface area contributed by atoms with Gasteiger partial charge in [-0.15, -0.1) is 10.2 Å². The summed E-state index contributed by atoms with van der Waals surface area (Å²) in [5.41, 5.74) is 1.56. The van der Waals surface area contributed by atoms with Gasteiger partial charge in [-0.25, -0.2) is 0 Å². The number of esters is 1. The van der Waals surface area contributed by atoms with Crippen molar-refractivity contribution >= 4 is 28.3 Å². The van der Waals surface area contributed by atoms with E-state index in [9.17, 15) is 9.59 Å². The molecule has 7 heteroatoms. The summed E-state index contributed by atoms with van der Waals surface area (Å²) in [6.45, 7) is 3.98. The lowest BCUT2D eigenvalue weighted by Crippen LogP contribution is -2.24. The van der Waals surface area contributed by atoms with E-state index in [1.54, 1.807) is 5.51 Å². The molecule has 3 atom stereocenters. The zero-order chi connectivity index (χ0) is 15.9. The predicted octanol–water partition coefficient (Wildman–Crippen LogP) is 3.01. The quantitative estimate of drug-likeness (QED) is 0.587. The second kappa shape index (κ2) is 8.22. The zero-order valence-electron chi connectivity index (χ0n) is 13.1. The van der Waals surface area contributed by atoms with Crippen LogP contribution in [0.3, 0.4) is 0 Å². The molecular weight excluding hydrogens is 302 g/mol. The highest BCUT2D eigenvalue weighted by molar-refractivity contribution is 7.13. The highest BCUT2D eigenvalue weighted by Crippen LogP contribution is 2.30. The lowest BCUT2D eigenvalue weighted by Gasteiger charge is -2.12. The van der Waals surface area contributed by atoms with E-state index in [4.69, 9.17) is 4.74 Å². The number of hydrogen-bond acceptors (Lipinski definition) is 6. The number of nitrogens with zero attached hydrogens (tertiary/aromatic N) is 2. The molecule has 1 fully saturated rings. The van der Waals surface area contributed by atoms with Gasteiger partial charge in [0.1, 0.15) is 11.6 Å². The molecule has 1 aliphatic rings. The molecule has 0 radical (unpaired) electrons. The summed E-state index contributed by atoms with van der Waals surface area (Å²) in [4.78, 5) is 24.0. The van der Waals surface area contributed by atoms with E-state index < -0.39 is 0 Å². The fourth-order valence-electron chi connectivity index (χ4n) is 2.70. The molecule has 122 valence electrons. The minimum Gasteiger partial charge on any atom is -0.462 e.